The number of hydrogen-bond acceptors (Lipinski definition) is 5. The zero-order valence-electron chi connectivity index (χ0n) is 44.1. The molecule has 0 bridgehead atoms. The summed E-state index contributed by atoms with van der Waals surface area (Å²) in [6.45, 7) is 7.38. The van der Waals surface area contributed by atoms with Crippen molar-refractivity contribution in [2.24, 2.45) is 0 Å². The van der Waals surface area contributed by atoms with Gasteiger partial charge in [-0.05, 0) is 128 Å². The molecule has 0 aliphatic carbocycles. The quantitative estimate of drug-likeness (QED) is 0.0345. The summed E-state index contributed by atoms with van der Waals surface area (Å²) < 4.78 is 17.3. The van der Waals surface area contributed by atoms with Crippen LogP contribution in [0.15, 0.2) is 134 Å². The zero-order valence-corrected chi connectivity index (χ0v) is 44.1. The molecule has 0 amide bonds. The van der Waals surface area contributed by atoms with Crippen molar-refractivity contribution >= 4 is 11.9 Å². The molecule has 0 spiro atoms. The average Bonchev–Trinajstić information content (AvgIpc) is 3.34. The van der Waals surface area contributed by atoms with E-state index in [0.29, 0.717) is 19.4 Å². The minimum absolute atomic E-state index is 0.0395. The SMILES string of the molecule is CC/C=C\C/C=C\C/C=C\C/C=C\C/C=C\C/C=C\CCCOCC(COC(=O)CCCCCCCCCCC/C=C\C/C=C\CCCCC)OC(=O)CCCCC/C=C\C/C=C\C/C=C\CC. The minimum Gasteiger partial charge on any atom is -0.462 e. The van der Waals surface area contributed by atoms with Gasteiger partial charge in [-0.2, -0.15) is 0 Å². The first-order chi connectivity index (χ1) is 33.6. The molecule has 1 atom stereocenters. The Kier molecular flexibility index (Phi) is 54.0. The fourth-order valence-electron chi connectivity index (χ4n) is 7.10. The Balaban J connectivity index is 4.41. The highest BCUT2D eigenvalue weighted by molar-refractivity contribution is 5.70. The van der Waals surface area contributed by atoms with Crippen LogP contribution in [0.5, 0.6) is 0 Å². The highest BCUT2D eigenvalue weighted by Gasteiger charge is 2.17. The van der Waals surface area contributed by atoms with Crippen LogP contribution in [0.1, 0.15) is 226 Å². The fourth-order valence-corrected chi connectivity index (χ4v) is 7.10. The van der Waals surface area contributed by atoms with Crippen LogP contribution >= 0.6 is 0 Å². The molecule has 1 unspecified atom stereocenters. The molecule has 0 N–H and O–H groups in total. The van der Waals surface area contributed by atoms with E-state index in [9.17, 15) is 9.59 Å². The lowest BCUT2D eigenvalue weighted by molar-refractivity contribution is -0.163. The van der Waals surface area contributed by atoms with Crippen LogP contribution in [0.25, 0.3) is 0 Å². The summed E-state index contributed by atoms with van der Waals surface area (Å²) in [4.78, 5) is 25.5. The highest BCUT2D eigenvalue weighted by Crippen LogP contribution is 2.13. The van der Waals surface area contributed by atoms with Crippen LogP contribution in [0.4, 0.5) is 0 Å². The van der Waals surface area contributed by atoms with Gasteiger partial charge in [0.15, 0.2) is 6.10 Å². The predicted molar refractivity (Wildman–Crippen MR) is 297 cm³/mol. The second kappa shape index (κ2) is 57.4. The van der Waals surface area contributed by atoms with Crippen molar-refractivity contribution in [3.05, 3.63) is 134 Å². The highest BCUT2D eigenvalue weighted by atomic mass is 16.6. The maximum Gasteiger partial charge on any atom is 0.306 e. The van der Waals surface area contributed by atoms with E-state index in [1.54, 1.807) is 0 Å². The van der Waals surface area contributed by atoms with Gasteiger partial charge in [0.2, 0.25) is 0 Å². The van der Waals surface area contributed by atoms with Gasteiger partial charge in [-0.15, -0.1) is 0 Å². The van der Waals surface area contributed by atoms with Gasteiger partial charge >= 0.3 is 11.9 Å². The molecule has 0 aromatic heterocycles. The Morgan fingerprint density at radius 2 is 0.662 bits per heavy atom. The second-order valence-electron chi connectivity index (χ2n) is 17.7. The van der Waals surface area contributed by atoms with Crippen molar-refractivity contribution in [1.82, 2.24) is 0 Å². The number of hydrogen-bond donors (Lipinski definition) is 0. The van der Waals surface area contributed by atoms with Gasteiger partial charge in [0.1, 0.15) is 6.61 Å². The molecule has 68 heavy (non-hydrogen) atoms. The number of carbonyl (C=O) groups is 2. The molecular weight excluding hydrogens is 837 g/mol. The van der Waals surface area contributed by atoms with E-state index in [-0.39, 0.29) is 25.2 Å². The Bertz CT molecular complexity index is 1430. The van der Waals surface area contributed by atoms with Crippen LogP contribution in [0, 0.1) is 0 Å². The maximum atomic E-state index is 12.8. The number of ether oxygens (including phenoxy) is 3. The van der Waals surface area contributed by atoms with Gasteiger partial charge in [0, 0.05) is 19.4 Å². The van der Waals surface area contributed by atoms with Crippen LogP contribution in [0.2, 0.25) is 0 Å². The third kappa shape index (κ3) is 54.6. The van der Waals surface area contributed by atoms with E-state index in [2.05, 4.69) is 154 Å². The third-order valence-electron chi connectivity index (χ3n) is 11.2. The van der Waals surface area contributed by atoms with Crippen LogP contribution in [-0.4, -0.2) is 37.9 Å². The Hall–Kier alpha value is -3.96. The van der Waals surface area contributed by atoms with Crippen molar-refractivity contribution in [2.45, 2.75) is 232 Å². The summed E-state index contributed by atoms with van der Waals surface area (Å²) in [5, 5.41) is 0. The molecule has 0 aromatic rings. The topological polar surface area (TPSA) is 61.8 Å². The summed E-state index contributed by atoms with van der Waals surface area (Å²) in [5.41, 5.74) is 0. The van der Waals surface area contributed by atoms with Crippen molar-refractivity contribution in [3.63, 3.8) is 0 Å². The van der Waals surface area contributed by atoms with Gasteiger partial charge in [0.25, 0.3) is 0 Å². The van der Waals surface area contributed by atoms with Crippen molar-refractivity contribution in [3.8, 4) is 0 Å². The normalized spacial score (nSPS) is 13.3. The number of esters is 2. The zero-order chi connectivity index (χ0) is 49.2. The Labute approximate surface area is 419 Å². The predicted octanol–water partition coefficient (Wildman–Crippen LogP) is 19.1. The molecule has 0 saturated heterocycles. The van der Waals surface area contributed by atoms with Gasteiger partial charge in [-0.3, -0.25) is 9.59 Å². The number of unbranched alkanes of at least 4 members (excludes halogenated alkanes) is 16. The second-order valence-corrected chi connectivity index (χ2v) is 17.7. The smallest absolute Gasteiger partial charge is 0.306 e. The van der Waals surface area contributed by atoms with Crippen molar-refractivity contribution in [1.29, 1.82) is 0 Å². The summed E-state index contributed by atoms with van der Waals surface area (Å²) in [5.74, 6) is -0.476. The molecule has 0 rings (SSSR count). The molecule has 0 radical (unpaired) electrons. The number of carbonyl (C=O) groups excluding carboxylic acids is 2. The van der Waals surface area contributed by atoms with E-state index >= 15 is 0 Å². The number of allylic oxidation sites excluding steroid dienone is 22. The minimum atomic E-state index is -0.593. The molecule has 0 saturated carbocycles. The Morgan fingerprint density at radius 1 is 0.338 bits per heavy atom. The van der Waals surface area contributed by atoms with Gasteiger partial charge in [-0.1, -0.05) is 219 Å². The largest absolute Gasteiger partial charge is 0.462 e. The molecule has 0 aromatic carbocycles. The van der Waals surface area contributed by atoms with E-state index in [1.165, 1.54) is 70.6 Å². The molecule has 0 fully saturated rings. The molecule has 5 nitrogen and oxygen atoms in total. The standard InChI is InChI=1S/C63H102O5/c1-4-7-10-13-16-19-22-25-27-29-31-33-35-37-40-43-46-49-52-55-58-66-59-61(68-63(65)57-54-51-48-45-42-38-24-21-18-15-12-9-6-3)60-67-62(64)56-53-50-47-44-41-39-36-34-32-30-28-26-23-20-17-14-11-8-5-2/h7,9-10,12,16-21,25-28,31,33,37-38,40,42,46,49,61H,4-6,8,11,13-15,22-24,29-30,32,34-36,39,41,43-45,47-48,50-60H2,1-3H3/b10-7-,12-9-,19-16-,20-17-,21-18-,27-25-,28-26-,33-31-,40-37-,42-38-,49-46-. The first kappa shape index (κ1) is 64.0. The van der Waals surface area contributed by atoms with E-state index in [4.69, 9.17) is 14.2 Å². The summed E-state index contributed by atoms with van der Waals surface area (Å²) >= 11 is 0. The molecule has 5 heteroatoms. The fraction of sp³-hybridized carbons (Fsp3) is 0.619. The molecule has 0 heterocycles. The average molecular weight is 940 g/mol. The van der Waals surface area contributed by atoms with E-state index in [1.807, 2.05) is 0 Å². The van der Waals surface area contributed by atoms with Crippen molar-refractivity contribution in [2.75, 3.05) is 19.8 Å². The van der Waals surface area contributed by atoms with Crippen molar-refractivity contribution < 1.29 is 23.8 Å². The maximum absolute atomic E-state index is 12.8. The Morgan fingerprint density at radius 3 is 1.07 bits per heavy atom. The van der Waals surface area contributed by atoms with Gasteiger partial charge in [-0.25, -0.2) is 0 Å². The van der Waals surface area contributed by atoms with Crippen LogP contribution in [-0.2, 0) is 23.8 Å². The lowest BCUT2D eigenvalue weighted by Gasteiger charge is -2.18. The van der Waals surface area contributed by atoms with E-state index in [0.717, 1.165) is 122 Å². The molecular formula is C63H102O5. The molecule has 0 aliphatic rings. The van der Waals surface area contributed by atoms with Crippen LogP contribution < -0.4 is 0 Å². The van der Waals surface area contributed by atoms with Crippen LogP contribution in [0.3, 0.4) is 0 Å². The summed E-state index contributed by atoms with van der Waals surface area (Å²) in [6, 6.07) is 0. The lowest BCUT2D eigenvalue weighted by atomic mass is 10.1. The van der Waals surface area contributed by atoms with Gasteiger partial charge in [0.05, 0.1) is 6.61 Å². The monoisotopic (exact) mass is 939 g/mol. The molecule has 0 aliphatic heterocycles. The summed E-state index contributed by atoms with van der Waals surface area (Å²) in [7, 11) is 0. The first-order valence-electron chi connectivity index (χ1n) is 27.7. The molecule has 384 valence electrons. The first-order valence-corrected chi connectivity index (χ1v) is 27.7. The van der Waals surface area contributed by atoms with E-state index < -0.39 is 6.10 Å². The van der Waals surface area contributed by atoms with Gasteiger partial charge < -0.3 is 14.2 Å². The summed E-state index contributed by atoms with van der Waals surface area (Å²) in [6.07, 6.45) is 82.0. The third-order valence-corrected chi connectivity index (χ3v) is 11.2. The number of rotatable bonds is 49. The lowest BCUT2D eigenvalue weighted by Crippen LogP contribution is -2.30.